The quantitative estimate of drug-likeness (QED) is 0.749. The van der Waals surface area contributed by atoms with Crippen LogP contribution in [0.1, 0.15) is 16.1 Å². The maximum Gasteiger partial charge on any atom is 0.275 e. The fourth-order valence-electron chi connectivity index (χ4n) is 1.88. The Labute approximate surface area is 141 Å². The van der Waals surface area contributed by atoms with E-state index >= 15 is 0 Å². The van der Waals surface area contributed by atoms with Crippen molar-refractivity contribution in [2.24, 2.45) is 0 Å². The number of aromatic nitrogens is 3. The van der Waals surface area contributed by atoms with Crippen LogP contribution in [0.15, 0.2) is 41.9 Å². The third-order valence-electron chi connectivity index (χ3n) is 3.00. The van der Waals surface area contributed by atoms with Crippen LogP contribution in [0, 0.1) is 6.92 Å². The van der Waals surface area contributed by atoms with Gasteiger partial charge in [0, 0.05) is 11.6 Å². The van der Waals surface area contributed by atoms with Gasteiger partial charge < -0.3 is 10.6 Å². The zero-order chi connectivity index (χ0) is 16.2. The van der Waals surface area contributed by atoms with Crippen molar-refractivity contribution >= 4 is 45.5 Å². The number of rotatable bonds is 4. The third kappa shape index (κ3) is 3.64. The van der Waals surface area contributed by atoms with Gasteiger partial charge in [0.1, 0.15) is 5.69 Å². The lowest BCUT2D eigenvalue weighted by atomic mass is 10.2. The van der Waals surface area contributed by atoms with Crippen molar-refractivity contribution in [2.45, 2.75) is 6.92 Å². The van der Waals surface area contributed by atoms with Gasteiger partial charge in [-0.2, -0.15) is 5.10 Å². The molecule has 0 aliphatic carbocycles. The van der Waals surface area contributed by atoms with E-state index in [0.29, 0.717) is 27.4 Å². The van der Waals surface area contributed by atoms with Gasteiger partial charge in [-0.15, -0.1) is 16.4 Å². The van der Waals surface area contributed by atoms with Gasteiger partial charge in [-0.3, -0.25) is 4.79 Å². The van der Waals surface area contributed by atoms with Gasteiger partial charge >= 0.3 is 0 Å². The molecule has 6 nitrogen and oxygen atoms in total. The number of aryl methyl sites for hydroxylation is 1. The molecule has 0 fully saturated rings. The van der Waals surface area contributed by atoms with E-state index in [1.165, 1.54) is 11.3 Å². The van der Waals surface area contributed by atoms with Crippen molar-refractivity contribution in [1.29, 1.82) is 0 Å². The first-order valence-electron chi connectivity index (χ1n) is 6.70. The van der Waals surface area contributed by atoms with Crippen molar-refractivity contribution in [1.82, 2.24) is 15.2 Å². The average Bonchev–Trinajstić information content (AvgIpc) is 3.00. The zero-order valence-electron chi connectivity index (χ0n) is 12.1. The first-order valence-corrected chi connectivity index (χ1v) is 7.96. The first-order chi connectivity index (χ1) is 11.1. The van der Waals surface area contributed by atoms with Gasteiger partial charge in [0.25, 0.3) is 5.91 Å². The Morgan fingerprint density at radius 2 is 2.13 bits per heavy atom. The number of amides is 1. The monoisotopic (exact) mass is 345 g/mol. The van der Waals surface area contributed by atoms with Gasteiger partial charge in [0.2, 0.25) is 0 Å². The molecule has 2 aromatic heterocycles. The molecule has 0 radical (unpaired) electrons. The van der Waals surface area contributed by atoms with Crippen molar-refractivity contribution < 1.29 is 4.79 Å². The summed E-state index contributed by atoms with van der Waals surface area (Å²) in [6, 6.07) is 8.97. The highest BCUT2D eigenvalue weighted by atomic mass is 35.5. The summed E-state index contributed by atoms with van der Waals surface area (Å²) in [5.41, 5.74) is 1.79. The van der Waals surface area contributed by atoms with Gasteiger partial charge in [0.15, 0.2) is 10.9 Å². The molecule has 0 aliphatic rings. The minimum absolute atomic E-state index is 0.306. The lowest BCUT2D eigenvalue weighted by molar-refractivity contribution is 0.102. The molecule has 1 amide bonds. The highest BCUT2D eigenvalue weighted by Crippen LogP contribution is 2.26. The van der Waals surface area contributed by atoms with Crippen LogP contribution in [0.2, 0.25) is 5.02 Å². The Balaban J connectivity index is 1.74. The number of anilines is 3. The summed E-state index contributed by atoms with van der Waals surface area (Å²) in [5.74, 6) is 0.250. The predicted octanol–water partition coefficient (Wildman–Crippen LogP) is 3.89. The second-order valence-electron chi connectivity index (χ2n) is 4.66. The number of hydrogen-bond acceptors (Lipinski definition) is 6. The van der Waals surface area contributed by atoms with Crippen molar-refractivity contribution in [3.8, 4) is 0 Å². The fourth-order valence-corrected chi connectivity index (χ4v) is 2.85. The normalized spacial score (nSPS) is 10.3. The lowest BCUT2D eigenvalue weighted by Gasteiger charge is -2.08. The number of halogens is 1. The summed E-state index contributed by atoms with van der Waals surface area (Å²) >= 11 is 7.42. The van der Waals surface area contributed by atoms with Crippen LogP contribution >= 0.6 is 22.9 Å². The van der Waals surface area contributed by atoms with Crippen molar-refractivity contribution in [3.63, 3.8) is 0 Å². The molecular weight excluding hydrogens is 334 g/mol. The van der Waals surface area contributed by atoms with E-state index in [1.807, 2.05) is 19.1 Å². The number of hydrogen-bond donors (Lipinski definition) is 2. The van der Waals surface area contributed by atoms with Crippen molar-refractivity contribution in [3.05, 3.63) is 58.2 Å². The Bertz CT molecular complexity index is 817. The molecule has 3 aromatic rings. The van der Waals surface area contributed by atoms with Crippen LogP contribution in [-0.2, 0) is 0 Å². The summed E-state index contributed by atoms with van der Waals surface area (Å²) in [4.78, 5) is 16.5. The van der Waals surface area contributed by atoms with Crippen LogP contribution in [-0.4, -0.2) is 21.1 Å². The van der Waals surface area contributed by atoms with Crippen LogP contribution in [0.25, 0.3) is 0 Å². The molecule has 8 heteroatoms. The zero-order valence-corrected chi connectivity index (χ0v) is 13.6. The summed E-state index contributed by atoms with van der Waals surface area (Å²) in [7, 11) is 0. The smallest absolute Gasteiger partial charge is 0.275 e. The first kappa shape index (κ1) is 15.4. The Hall–Kier alpha value is -2.51. The Morgan fingerprint density at radius 3 is 2.87 bits per heavy atom. The molecule has 0 atom stereocenters. The van der Waals surface area contributed by atoms with Crippen LogP contribution in [0.3, 0.4) is 0 Å². The molecule has 23 heavy (non-hydrogen) atoms. The molecule has 0 aliphatic heterocycles. The van der Waals surface area contributed by atoms with Gasteiger partial charge in [-0.05, 0) is 30.7 Å². The van der Waals surface area contributed by atoms with Gasteiger partial charge in [0.05, 0.1) is 10.7 Å². The fraction of sp³-hybridized carbons (Fsp3) is 0.0667. The summed E-state index contributed by atoms with van der Waals surface area (Å²) in [6.45, 7) is 1.88. The molecule has 2 heterocycles. The van der Waals surface area contributed by atoms with Crippen LogP contribution in [0.5, 0.6) is 0 Å². The molecule has 0 saturated carbocycles. The summed E-state index contributed by atoms with van der Waals surface area (Å²) in [6.07, 6.45) is 1.58. The number of thiazole rings is 1. The van der Waals surface area contributed by atoms with Gasteiger partial charge in [-0.25, -0.2) is 4.98 Å². The number of para-hydroxylation sites is 1. The molecule has 0 unspecified atom stereocenters. The van der Waals surface area contributed by atoms with Crippen LogP contribution < -0.4 is 10.6 Å². The number of carbonyl (C=O) groups is 1. The lowest BCUT2D eigenvalue weighted by Crippen LogP contribution is -2.13. The molecule has 1 aromatic carbocycles. The Morgan fingerprint density at radius 1 is 1.26 bits per heavy atom. The molecule has 0 bridgehead atoms. The predicted molar refractivity (Wildman–Crippen MR) is 91.6 cm³/mol. The van der Waals surface area contributed by atoms with E-state index in [0.717, 1.165) is 5.56 Å². The highest BCUT2D eigenvalue weighted by Gasteiger charge is 2.14. The molecule has 0 saturated heterocycles. The molecule has 116 valence electrons. The number of nitrogens with zero attached hydrogens (tertiary/aromatic N) is 3. The van der Waals surface area contributed by atoms with Crippen molar-refractivity contribution in [2.75, 3.05) is 10.6 Å². The van der Waals surface area contributed by atoms with E-state index in [-0.39, 0.29) is 5.91 Å². The Kier molecular flexibility index (Phi) is 4.50. The highest BCUT2D eigenvalue weighted by molar-refractivity contribution is 7.14. The van der Waals surface area contributed by atoms with E-state index in [9.17, 15) is 4.79 Å². The average molecular weight is 346 g/mol. The molecule has 2 N–H and O–H groups in total. The number of benzene rings is 1. The summed E-state index contributed by atoms with van der Waals surface area (Å²) < 4.78 is 0. The van der Waals surface area contributed by atoms with Gasteiger partial charge in [-0.1, -0.05) is 23.7 Å². The second kappa shape index (κ2) is 6.72. The SMILES string of the molecule is Cc1cccc(Cl)c1NC(=O)c1csc(Nc2cccnn2)n1. The minimum Gasteiger partial charge on any atom is -0.319 e. The molecule has 3 rings (SSSR count). The minimum atomic E-state index is -0.315. The topological polar surface area (TPSA) is 79.8 Å². The largest absolute Gasteiger partial charge is 0.319 e. The van der Waals surface area contributed by atoms with E-state index in [1.54, 1.807) is 29.8 Å². The van der Waals surface area contributed by atoms with E-state index in [2.05, 4.69) is 25.8 Å². The third-order valence-corrected chi connectivity index (χ3v) is 4.08. The van der Waals surface area contributed by atoms with Crippen LogP contribution in [0.4, 0.5) is 16.6 Å². The summed E-state index contributed by atoms with van der Waals surface area (Å²) in [5, 5.41) is 16.2. The standard InChI is InChI=1S/C15H12ClN5OS/c1-9-4-2-5-10(16)13(9)20-14(22)11-8-23-15(18-11)19-12-6-3-7-17-21-12/h2-8H,1H3,(H,20,22)(H,18,19,21). The number of carbonyl (C=O) groups excluding carboxylic acids is 1. The second-order valence-corrected chi connectivity index (χ2v) is 5.92. The molecule has 0 spiro atoms. The van der Waals surface area contributed by atoms with E-state index < -0.39 is 0 Å². The van der Waals surface area contributed by atoms with E-state index in [4.69, 9.17) is 11.6 Å². The maximum atomic E-state index is 12.3. The maximum absolute atomic E-state index is 12.3. The number of nitrogens with one attached hydrogen (secondary N) is 2. The molecular formula is C15H12ClN5OS.